The predicted octanol–water partition coefficient (Wildman–Crippen LogP) is 0.585. The minimum absolute atomic E-state index is 0.699. The molecule has 1 aliphatic heterocycles. The molecule has 2 N–H and O–H groups in total. The molecule has 1 aliphatic rings. The maximum absolute atomic E-state index is 8.43. The van der Waals surface area contributed by atoms with Crippen LogP contribution in [0, 0.1) is 0 Å². The Hall–Kier alpha value is -2.76. The van der Waals surface area contributed by atoms with E-state index >= 15 is 0 Å². The summed E-state index contributed by atoms with van der Waals surface area (Å²) < 4.78 is 3.87. The largest absolute Gasteiger partial charge is 0.412 e. The fraction of sp³-hybridized carbons (Fsp3) is 0.0769. The maximum Gasteiger partial charge on any atom is 0.412 e. The molecule has 0 amide bonds. The molecule has 0 aromatic carbocycles. The van der Waals surface area contributed by atoms with Gasteiger partial charge in [-0.15, -0.1) is 9.14 Å². The molecule has 0 atom stereocenters. The number of oxime groups is 2. The Bertz CT molecular complexity index is 583. The fourth-order valence-corrected chi connectivity index (χ4v) is 1.62. The monoisotopic (exact) mass is 258 g/mol. The average Bonchev–Trinajstić information content (AvgIpc) is 2.44. The third-order valence-corrected chi connectivity index (χ3v) is 2.57. The summed E-state index contributed by atoms with van der Waals surface area (Å²) in [5.41, 5.74) is 1.69. The standard InChI is InChI=1S/C13H12N4O2/c18-14-9-12-1-5-16(6-2-12)11-17-7-3-13(4-8-17)10-15-19/h1-7,9-11H,8H2/p+2/b15-10+. The van der Waals surface area contributed by atoms with Gasteiger partial charge in [-0.3, -0.25) is 0 Å². The summed E-state index contributed by atoms with van der Waals surface area (Å²) in [7, 11) is 0. The van der Waals surface area contributed by atoms with Crippen LogP contribution in [0.25, 0.3) is 0 Å². The molecule has 1 aromatic rings. The van der Waals surface area contributed by atoms with Crippen molar-refractivity contribution in [2.24, 2.45) is 10.3 Å². The van der Waals surface area contributed by atoms with Crippen molar-refractivity contribution in [1.82, 2.24) is 0 Å². The van der Waals surface area contributed by atoms with Crippen LogP contribution in [0.4, 0.5) is 0 Å². The van der Waals surface area contributed by atoms with E-state index in [0.717, 1.165) is 11.1 Å². The predicted molar refractivity (Wildman–Crippen MR) is 70.1 cm³/mol. The van der Waals surface area contributed by atoms with Gasteiger partial charge < -0.3 is 10.4 Å². The number of aromatic nitrogens is 1. The van der Waals surface area contributed by atoms with Gasteiger partial charge in [-0.2, -0.15) is 0 Å². The Morgan fingerprint density at radius 2 is 1.84 bits per heavy atom. The quantitative estimate of drug-likeness (QED) is 0.274. The number of pyridine rings is 1. The third-order valence-electron chi connectivity index (χ3n) is 2.57. The SMILES string of the molecule is O/N=C/C1=CC[N+](=C[n+]2ccc(/C=N/O)cc2)C=C1. The summed E-state index contributed by atoms with van der Waals surface area (Å²) >= 11 is 0. The lowest BCUT2D eigenvalue weighted by atomic mass is 10.2. The van der Waals surface area contributed by atoms with Crippen molar-refractivity contribution in [3.8, 4) is 0 Å². The van der Waals surface area contributed by atoms with Gasteiger partial charge in [-0.05, 0) is 6.08 Å². The van der Waals surface area contributed by atoms with Crippen LogP contribution in [0.5, 0.6) is 0 Å². The van der Waals surface area contributed by atoms with Crippen molar-refractivity contribution in [2.75, 3.05) is 6.54 Å². The molecule has 6 nitrogen and oxygen atoms in total. The zero-order chi connectivity index (χ0) is 13.5. The van der Waals surface area contributed by atoms with Crippen molar-refractivity contribution in [3.05, 3.63) is 54.0 Å². The van der Waals surface area contributed by atoms with Crippen LogP contribution in [0.3, 0.4) is 0 Å². The molecule has 0 radical (unpaired) electrons. The van der Waals surface area contributed by atoms with Gasteiger partial charge >= 0.3 is 6.34 Å². The Balaban J connectivity index is 2.09. The van der Waals surface area contributed by atoms with Crippen molar-refractivity contribution in [3.63, 3.8) is 0 Å². The van der Waals surface area contributed by atoms with Gasteiger partial charge in [0.05, 0.1) is 12.4 Å². The Morgan fingerprint density at radius 1 is 1.11 bits per heavy atom. The van der Waals surface area contributed by atoms with E-state index in [1.807, 2.05) is 58.4 Å². The highest BCUT2D eigenvalue weighted by Gasteiger charge is 2.09. The lowest BCUT2D eigenvalue weighted by molar-refractivity contribution is -0.608. The Kier molecular flexibility index (Phi) is 4.17. The number of hydrogen-bond donors (Lipinski definition) is 2. The summed E-state index contributed by atoms with van der Waals surface area (Å²) in [5, 5.41) is 22.8. The molecule has 96 valence electrons. The van der Waals surface area contributed by atoms with E-state index in [9.17, 15) is 0 Å². The van der Waals surface area contributed by atoms with Crippen molar-refractivity contribution in [2.45, 2.75) is 0 Å². The summed E-state index contributed by atoms with van der Waals surface area (Å²) in [4.78, 5) is 0. The fourth-order valence-electron chi connectivity index (χ4n) is 1.62. The molecule has 0 saturated carbocycles. The highest BCUT2D eigenvalue weighted by Crippen LogP contribution is 1.99. The van der Waals surface area contributed by atoms with Gasteiger partial charge in [0.25, 0.3) is 0 Å². The number of hydrogen-bond acceptors (Lipinski definition) is 4. The number of nitrogens with zero attached hydrogens (tertiary/aromatic N) is 4. The summed E-state index contributed by atoms with van der Waals surface area (Å²) in [6.07, 6.45) is 14.1. The van der Waals surface area contributed by atoms with Crippen molar-refractivity contribution < 1.29 is 19.6 Å². The second-order valence-electron chi connectivity index (χ2n) is 3.90. The van der Waals surface area contributed by atoms with E-state index in [0.29, 0.717) is 6.54 Å². The summed E-state index contributed by atoms with van der Waals surface area (Å²) in [5.74, 6) is 0. The second-order valence-corrected chi connectivity index (χ2v) is 3.90. The zero-order valence-corrected chi connectivity index (χ0v) is 10.2. The van der Waals surface area contributed by atoms with Crippen LogP contribution < -0.4 is 4.57 Å². The first kappa shape index (κ1) is 12.7. The molecule has 0 fully saturated rings. The molecular formula is C13H14N4O2+2. The van der Waals surface area contributed by atoms with Crippen molar-refractivity contribution in [1.29, 1.82) is 0 Å². The lowest BCUT2D eigenvalue weighted by Crippen LogP contribution is -2.37. The normalized spacial score (nSPS) is 17.5. The van der Waals surface area contributed by atoms with E-state index in [-0.39, 0.29) is 0 Å². The molecule has 19 heavy (non-hydrogen) atoms. The molecule has 2 heterocycles. The van der Waals surface area contributed by atoms with Crippen molar-refractivity contribution >= 4 is 18.8 Å². The van der Waals surface area contributed by atoms with Gasteiger partial charge in [0, 0.05) is 29.3 Å². The molecule has 6 heteroatoms. The first-order valence-electron chi connectivity index (χ1n) is 5.66. The molecule has 0 aliphatic carbocycles. The Labute approximate surface area is 110 Å². The highest BCUT2D eigenvalue weighted by atomic mass is 16.4. The first-order valence-corrected chi connectivity index (χ1v) is 5.66. The minimum atomic E-state index is 0.699. The van der Waals surface area contributed by atoms with Gasteiger partial charge in [-0.1, -0.05) is 10.3 Å². The second kappa shape index (κ2) is 6.25. The van der Waals surface area contributed by atoms with E-state index in [1.54, 1.807) is 0 Å². The first-order chi connectivity index (χ1) is 9.31. The Morgan fingerprint density at radius 3 is 2.42 bits per heavy atom. The molecule has 1 aromatic heterocycles. The maximum atomic E-state index is 8.43. The molecule has 2 rings (SSSR count). The van der Waals surface area contributed by atoms with E-state index in [2.05, 4.69) is 10.3 Å². The molecule has 0 spiro atoms. The molecule has 0 bridgehead atoms. The third kappa shape index (κ3) is 3.60. The summed E-state index contributed by atoms with van der Waals surface area (Å²) in [6.45, 7) is 0.699. The van der Waals surface area contributed by atoms with Crippen LogP contribution in [0.2, 0.25) is 0 Å². The van der Waals surface area contributed by atoms with Gasteiger partial charge in [0.1, 0.15) is 0 Å². The van der Waals surface area contributed by atoms with Crippen LogP contribution in [-0.4, -0.2) is 40.3 Å². The number of rotatable bonds is 3. The van der Waals surface area contributed by atoms with Gasteiger partial charge in [0.15, 0.2) is 25.1 Å². The van der Waals surface area contributed by atoms with E-state index < -0.39 is 0 Å². The summed E-state index contributed by atoms with van der Waals surface area (Å²) in [6, 6.07) is 3.67. The highest BCUT2D eigenvalue weighted by molar-refractivity contribution is 5.81. The van der Waals surface area contributed by atoms with Crippen LogP contribution >= 0.6 is 0 Å². The van der Waals surface area contributed by atoms with E-state index in [1.165, 1.54) is 12.4 Å². The van der Waals surface area contributed by atoms with Crippen LogP contribution in [0.1, 0.15) is 5.56 Å². The average molecular weight is 258 g/mol. The molecule has 0 saturated heterocycles. The molecule has 0 unspecified atom stereocenters. The number of allylic oxidation sites excluding steroid dienone is 2. The zero-order valence-electron chi connectivity index (χ0n) is 10.2. The van der Waals surface area contributed by atoms with Gasteiger partial charge in [-0.25, -0.2) is 0 Å². The topological polar surface area (TPSA) is 72.1 Å². The van der Waals surface area contributed by atoms with Gasteiger partial charge in [0.2, 0.25) is 0 Å². The van der Waals surface area contributed by atoms with Crippen LogP contribution in [0.15, 0.2) is 58.8 Å². The molecular weight excluding hydrogens is 244 g/mol. The minimum Gasteiger partial charge on any atom is -0.411 e. The smallest absolute Gasteiger partial charge is 0.411 e. The van der Waals surface area contributed by atoms with E-state index in [4.69, 9.17) is 10.4 Å². The lowest BCUT2D eigenvalue weighted by Gasteiger charge is -1.98. The van der Waals surface area contributed by atoms with Crippen LogP contribution in [-0.2, 0) is 0 Å².